The zero-order valence-corrected chi connectivity index (χ0v) is 12.8. The summed E-state index contributed by atoms with van der Waals surface area (Å²) in [6.07, 6.45) is 7.02. The number of unbranched alkanes of at least 4 members (excludes halogenated alkanes) is 1. The minimum absolute atomic E-state index is 0.587. The first-order valence-electron chi connectivity index (χ1n) is 6.57. The van der Waals surface area contributed by atoms with Crippen LogP contribution in [0.3, 0.4) is 0 Å². The Hall–Kier alpha value is -1.58. The summed E-state index contributed by atoms with van der Waals surface area (Å²) in [6, 6.07) is 6.06. The molecule has 0 fully saturated rings. The molecule has 2 rings (SSSR count). The van der Waals surface area contributed by atoms with Gasteiger partial charge in [-0.25, -0.2) is 4.98 Å². The van der Waals surface area contributed by atoms with Crippen LogP contribution >= 0.6 is 15.9 Å². The topological polar surface area (TPSA) is 58.0 Å². The molecule has 0 aliphatic rings. The molecule has 0 N–H and O–H groups in total. The van der Waals surface area contributed by atoms with E-state index >= 15 is 0 Å². The van der Waals surface area contributed by atoms with Gasteiger partial charge in [-0.05, 0) is 41.0 Å². The highest BCUT2D eigenvalue weighted by atomic mass is 79.9. The molecule has 2 aromatic heterocycles. The second-order valence-electron chi connectivity index (χ2n) is 4.54. The van der Waals surface area contributed by atoms with E-state index in [1.54, 1.807) is 6.20 Å². The van der Waals surface area contributed by atoms with Crippen LogP contribution in [0.1, 0.15) is 18.6 Å². The predicted octanol–water partition coefficient (Wildman–Crippen LogP) is 3.04. The van der Waals surface area contributed by atoms with E-state index in [1.165, 1.54) is 0 Å². The molecule has 0 aliphatic heterocycles. The fourth-order valence-electron chi connectivity index (χ4n) is 1.98. The number of furan rings is 1. The van der Waals surface area contributed by atoms with Crippen molar-refractivity contribution in [2.75, 3.05) is 13.1 Å². The predicted molar refractivity (Wildman–Crippen MR) is 78.8 cm³/mol. The number of imidazole rings is 1. The van der Waals surface area contributed by atoms with Gasteiger partial charge in [-0.2, -0.15) is 5.26 Å². The maximum Gasteiger partial charge on any atom is 0.169 e. The largest absolute Gasteiger partial charge is 0.453 e. The lowest BCUT2D eigenvalue weighted by atomic mass is 10.3. The molecule has 0 bridgehead atoms. The Morgan fingerprint density at radius 1 is 1.40 bits per heavy atom. The van der Waals surface area contributed by atoms with Crippen molar-refractivity contribution < 1.29 is 4.42 Å². The molecule has 0 spiro atoms. The summed E-state index contributed by atoms with van der Waals surface area (Å²) in [5.74, 6) is 0.930. The van der Waals surface area contributed by atoms with Gasteiger partial charge in [-0.1, -0.05) is 0 Å². The minimum atomic E-state index is 0.587. The smallest absolute Gasteiger partial charge is 0.169 e. The number of rotatable bonds is 8. The van der Waals surface area contributed by atoms with Crippen molar-refractivity contribution in [3.63, 3.8) is 0 Å². The van der Waals surface area contributed by atoms with Crippen LogP contribution in [-0.4, -0.2) is 27.5 Å². The van der Waals surface area contributed by atoms with Gasteiger partial charge in [-0.15, -0.1) is 0 Å². The first-order chi connectivity index (χ1) is 9.78. The highest BCUT2D eigenvalue weighted by molar-refractivity contribution is 9.10. The number of nitriles is 1. The third kappa shape index (κ3) is 4.83. The highest BCUT2D eigenvalue weighted by Gasteiger charge is 2.09. The first kappa shape index (κ1) is 14.8. The molecule has 0 amide bonds. The summed E-state index contributed by atoms with van der Waals surface area (Å²) in [7, 11) is 0. The Morgan fingerprint density at radius 2 is 2.30 bits per heavy atom. The van der Waals surface area contributed by atoms with Gasteiger partial charge in [-0.3, -0.25) is 4.90 Å². The van der Waals surface area contributed by atoms with E-state index in [0.29, 0.717) is 6.42 Å². The van der Waals surface area contributed by atoms with Crippen molar-refractivity contribution >= 4 is 15.9 Å². The molecule has 0 radical (unpaired) electrons. The summed E-state index contributed by atoms with van der Waals surface area (Å²) in [5, 5.41) is 8.65. The monoisotopic (exact) mass is 336 g/mol. The van der Waals surface area contributed by atoms with Gasteiger partial charge >= 0.3 is 0 Å². The number of hydrogen-bond donors (Lipinski definition) is 0. The van der Waals surface area contributed by atoms with Gasteiger partial charge < -0.3 is 8.98 Å². The summed E-state index contributed by atoms with van der Waals surface area (Å²) in [4.78, 5) is 6.33. The first-order valence-corrected chi connectivity index (χ1v) is 7.36. The quantitative estimate of drug-likeness (QED) is 0.695. The van der Waals surface area contributed by atoms with Gasteiger partial charge in [0.2, 0.25) is 0 Å². The summed E-state index contributed by atoms with van der Waals surface area (Å²) in [6.45, 7) is 3.43. The maximum absolute atomic E-state index is 8.65. The molecule has 6 heteroatoms. The van der Waals surface area contributed by atoms with Crippen LogP contribution in [0.25, 0.3) is 0 Å². The van der Waals surface area contributed by atoms with E-state index in [9.17, 15) is 0 Å². The average molecular weight is 337 g/mol. The third-order valence-corrected chi connectivity index (χ3v) is 3.43. The third-order valence-electron chi connectivity index (χ3n) is 3.00. The Kier molecular flexibility index (Phi) is 5.84. The standard InChI is InChI=1S/C14H17BrN4O/c15-14-4-3-13(20-14)11-18(7-2-1-5-16)9-10-19-8-6-17-12-19/h3-4,6,8,12H,1-2,7,9-11H2. The molecule has 0 saturated carbocycles. The van der Waals surface area contributed by atoms with Gasteiger partial charge in [0.05, 0.1) is 18.9 Å². The van der Waals surface area contributed by atoms with E-state index in [2.05, 4.69) is 36.5 Å². The molecule has 5 nitrogen and oxygen atoms in total. The van der Waals surface area contributed by atoms with Crippen LogP contribution in [0.15, 0.2) is 39.9 Å². The molecule has 0 atom stereocenters. The molecule has 0 aliphatic carbocycles. The Morgan fingerprint density at radius 3 is 2.95 bits per heavy atom. The minimum Gasteiger partial charge on any atom is -0.453 e. The molecule has 2 heterocycles. The van der Waals surface area contributed by atoms with Crippen LogP contribution in [0.2, 0.25) is 0 Å². The maximum atomic E-state index is 8.65. The zero-order chi connectivity index (χ0) is 14.2. The molecule has 0 saturated heterocycles. The van der Waals surface area contributed by atoms with Gasteiger partial charge in [0.1, 0.15) is 5.76 Å². The van der Waals surface area contributed by atoms with Crippen molar-refractivity contribution in [1.29, 1.82) is 5.26 Å². The fourth-order valence-corrected chi connectivity index (χ4v) is 2.32. The molecule has 106 valence electrons. The van der Waals surface area contributed by atoms with Crippen LogP contribution in [0, 0.1) is 11.3 Å². The van der Waals surface area contributed by atoms with Crippen LogP contribution in [0.4, 0.5) is 0 Å². The van der Waals surface area contributed by atoms with Crippen molar-refractivity contribution in [3.8, 4) is 6.07 Å². The van der Waals surface area contributed by atoms with Crippen molar-refractivity contribution in [3.05, 3.63) is 41.3 Å². The molecule has 20 heavy (non-hydrogen) atoms. The van der Waals surface area contributed by atoms with Gasteiger partial charge in [0, 0.05) is 31.9 Å². The Bertz CT molecular complexity index is 544. The van der Waals surface area contributed by atoms with Crippen molar-refractivity contribution in [2.24, 2.45) is 0 Å². The second kappa shape index (κ2) is 7.88. The van der Waals surface area contributed by atoms with Crippen molar-refractivity contribution in [2.45, 2.75) is 25.9 Å². The lowest BCUT2D eigenvalue weighted by Crippen LogP contribution is -2.28. The highest BCUT2D eigenvalue weighted by Crippen LogP contribution is 2.16. The van der Waals surface area contributed by atoms with E-state index in [1.807, 2.05) is 24.7 Å². The number of nitrogens with zero attached hydrogens (tertiary/aromatic N) is 4. The summed E-state index contributed by atoms with van der Waals surface area (Å²) >= 11 is 3.32. The van der Waals surface area contributed by atoms with Crippen molar-refractivity contribution in [1.82, 2.24) is 14.5 Å². The van der Waals surface area contributed by atoms with E-state index in [0.717, 1.165) is 43.0 Å². The van der Waals surface area contributed by atoms with E-state index < -0.39 is 0 Å². The van der Waals surface area contributed by atoms with Crippen LogP contribution < -0.4 is 0 Å². The Labute approximate surface area is 126 Å². The lowest BCUT2D eigenvalue weighted by Gasteiger charge is -2.20. The second-order valence-corrected chi connectivity index (χ2v) is 5.33. The average Bonchev–Trinajstić information content (AvgIpc) is 3.08. The fraction of sp³-hybridized carbons (Fsp3) is 0.429. The normalized spacial score (nSPS) is 10.8. The molecule has 0 unspecified atom stereocenters. The van der Waals surface area contributed by atoms with E-state index in [4.69, 9.17) is 9.68 Å². The van der Waals surface area contributed by atoms with Gasteiger partial charge in [0.15, 0.2) is 4.67 Å². The molecular formula is C14H17BrN4O. The lowest BCUT2D eigenvalue weighted by molar-refractivity contribution is 0.231. The van der Waals surface area contributed by atoms with Crippen LogP contribution in [0.5, 0.6) is 0 Å². The number of aromatic nitrogens is 2. The number of halogens is 1. The molecule has 0 aromatic carbocycles. The zero-order valence-electron chi connectivity index (χ0n) is 11.2. The SMILES string of the molecule is N#CCCCN(CCn1ccnc1)Cc1ccc(Br)o1. The molecular weight excluding hydrogens is 320 g/mol. The number of hydrogen-bond acceptors (Lipinski definition) is 4. The summed E-state index contributed by atoms with van der Waals surface area (Å²) < 4.78 is 8.35. The van der Waals surface area contributed by atoms with Gasteiger partial charge in [0.25, 0.3) is 0 Å². The molecule has 2 aromatic rings. The Balaban J connectivity index is 1.87. The van der Waals surface area contributed by atoms with Crippen LogP contribution in [-0.2, 0) is 13.1 Å². The van der Waals surface area contributed by atoms with E-state index in [-0.39, 0.29) is 0 Å². The summed E-state index contributed by atoms with van der Waals surface area (Å²) in [5.41, 5.74) is 0.